The Morgan fingerprint density at radius 1 is 1.21 bits per heavy atom. The van der Waals surface area contributed by atoms with Crippen LogP contribution in [0, 0.1) is 22.5 Å². The molecular weight excluding hydrogens is 324 g/mol. The molecule has 2 bridgehead atoms. The summed E-state index contributed by atoms with van der Waals surface area (Å²) >= 11 is 5.29. The Hall–Kier alpha value is -1.50. The number of nitrogens with zero attached hydrogens (tertiary/aromatic N) is 2. The fourth-order valence-electron chi connectivity index (χ4n) is 4.33. The summed E-state index contributed by atoms with van der Waals surface area (Å²) < 4.78 is 2.64. The quantitative estimate of drug-likeness (QED) is 0.801. The van der Waals surface area contributed by atoms with Crippen LogP contribution < -0.4 is 5.32 Å². The minimum absolute atomic E-state index is 0.00164. The Morgan fingerprint density at radius 3 is 2.58 bits per heavy atom. The van der Waals surface area contributed by atoms with Crippen LogP contribution in [0.5, 0.6) is 0 Å². The summed E-state index contributed by atoms with van der Waals surface area (Å²) in [5, 5.41) is 10.2. The van der Waals surface area contributed by atoms with E-state index in [1.54, 1.807) is 0 Å². The summed E-state index contributed by atoms with van der Waals surface area (Å²) in [7, 11) is 0. The molecule has 4 rings (SSSR count). The van der Waals surface area contributed by atoms with Gasteiger partial charge in [0.1, 0.15) is 11.6 Å². The molecule has 130 valence electrons. The molecule has 1 unspecified atom stereocenters. The molecule has 0 aromatic carbocycles. The average molecular weight is 348 g/mol. The first-order chi connectivity index (χ1) is 11.6. The Balaban J connectivity index is 1.32. The van der Waals surface area contributed by atoms with Crippen molar-refractivity contribution in [3.05, 3.63) is 10.6 Å². The maximum Gasteiger partial charge on any atom is 0.223 e. The molecule has 7 heteroatoms. The zero-order valence-corrected chi connectivity index (χ0v) is 14.6. The van der Waals surface area contributed by atoms with Crippen LogP contribution in [0.3, 0.4) is 0 Å². The molecule has 1 aromatic rings. The van der Waals surface area contributed by atoms with Gasteiger partial charge in [-0.3, -0.25) is 14.7 Å². The molecule has 0 aliphatic heterocycles. The molecule has 2 N–H and O–H groups in total. The first-order valence-electron chi connectivity index (χ1n) is 9.10. The molecule has 3 aliphatic carbocycles. The van der Waals surface area contributed by atoms with E-state index >= 15 is 0 Å². The third-order valence-corrected chi connectivity index (χ3v) is 6.10. The number of carbonyl (C=O) groups is 2. The van der Waals surface area contributed by atoms with Gasteiger partial charge in [0.25, 0.3) is 0 Å². The lowest BCUT2D eigenvalue weighted by molar-refractivity contribution is -0.137. The standard InChI is InChI=1S/C17H24N4O2S/c22-14-11-2-1-3-12(14)9-13(8-11)16(23)18-6-7-21-15(10-4-5-10)19-20-17(21)24/h10-13H,1-9H2,(H,18,23)(H,20,24)/t11-,12+,13?. The van der Waals surface area contributed by atoms with Gasteiger partial charge in [-0.15, -0.1) is 0 Å². The van der Waals surface area contributed by atoms with Crippen molar-refractivity contribution >= 4 is 23.9 Å². The summed E-state index contributed by atoms with van der Waals surface area (Å²) in [5.41, 5.74) is 0. The fraction of sp³-hybridized carbons (Fsp3) is 0.765. The third kappa shape index (κ3) is 3.06. The number of hydrogen-bond acceptors (Lipinski definition) is 4. The zero-order chi connectivity index (χ0) is 16.7. The Kier molecular flexibility index (Phi) is 4.28. The van der Waals surface area contributed by atoms with Gasteiger partial charge in [-0.05, 0) is 50.7 Å². The largest absolute Gasteiger partial charge is 0.354 e. The molecule has 3 atom stereocenters. The number of nitrogens with one attached hydrogen (secondary N) is 2. The summed E-state index contributed by atoms with van der Waals surface area (Å²) in [6, 6.07) is 0. The summed E-state index contributed by atoms with van der Waals surface area (Å²) in [5.74, 6) is 2.29. The van der Waals surface area contributed by atoms with Crippen molar-refractivity contribution in [3.8, 4) is 0 Å². The number of fused-ring (bicyclic) bond motifs is 2. The van der Waals surface area contributed by atoms with E-state index in [0.717, 1.165) is 37.9 Å². The van der Waals surface area contributed by atoms with Gasteiger partial charge in [-0.2, -0.15) is 5.10 Å². The number of ketones is 1. The molecule has 0 radical (unpaired) electrons. The van der Waals surface area contributed by atoms with Crippen molar-refractivity contribution in [1.82, 2.24) is 20.1 Å². The number of aromatic amines is 1. The number of hydrogen-bond donors (Lipinski definition) is 2. The molecule has 1 amide bonds. The van der Waals surface area contributed by atoms with Crippen molar-refractivity contribution in [1.29, 1.82) is 0 Å². The number of carbonyl (C=O) groups excluding carboxylic acids is 2. The van der Waals surface area contributed by atoms with E-state index in [1.165, 1.54) is 12.8 Å². The van der Waals surface area contributed by atoms with Crippen LogP contribution in [0.15, 0.2) is 0 Å². The fourth-order valence-corrected chi connectivity index (χ4v) is 4.56. The molecule has 24 heavy (non-hydrogen) atoms. The Labute approximate surface area is 146 Å². The molecule has 1 heterocycles. The number of rotatable bonds is 5. The molecule has 3 saturated carbocycles. The first kappa shape index (κ1) is 16.0. The van der Waals surface area contributed by atoms with Gasteiger partial charge in [-0.1, -0.05) is 6.42 Å². The molecule has 0 saturated heterocycles. The SMILES string of the molecule is O=C(NCCn1c(C2CC2)n[nH]c1=S)C1C[C@H]2CCC[C@@H](C1)C2=O. The highest BCUT2D eigenvalue weighted by Crippen LogP contribution is 2.40. The highest BCUT2D eigenvalue weighted by Gasteiger charge is 2.41. The second-order valence-electron chi connectivity index (χ2n) is 7.50. The lowest BCUT2D eigenvalue weighted by Crippen LogP contribution is -2.43. The van der Waals surface area contributed by atoms with Gasteiger partial charge in [0.15, 0.2) is 4.77 Å². The maximum absolute atomic E-state index is 12.5. The van der Waals surface area contributed by atoms with Crippen LogP contribution in [0.2, 0.25) is 0 Å². The van der Waals surface area contributed by atoms with E-state index in [2.05, 4.69) is 15.5 Å². The minimum Gasteiger partial charge on any atom is -0.354 e. The van der Waals surface area contributed by atoms with Crippen molar-refractivity contribution in [3.63, 3.8) is 0 Å². The Bertz CT molecular complexity index is 690. The van der Waals surface area contributed by atoms with E-state index in [9.17, 15) is 9.59 Å². The second-order valence-corrected chi connectivity index (χ2v) is 7.89. The van der Waals surface area contributed by atoms with E-state index < -0.39 is 0 Å². The van der Waals surface area contributed by atoms with Crippen LogP contribution in [0.4, 0.5) is 0 Å². The van der Waals surface area contributed by atoms with Crippen LogP contribution in [0.1, 0.15) is 56.7 Å². The summed E-state index contributed by atoms with van der Waals surface area (Å²) in [6.07, 6.45) is 6.88. The van der Waals surface area contributed by atoms with Crippen LogP contribution in [0.25, 0.3) is 0 Å². The van der Waals surface area contributed by atoms with Gasteiger partial charge in [-0.25, -0.2) is 0 Å². The van der Waals surface area contributed by atoms with Gasteiger partial charge < -0.3 is 9.88 Å². The van der Waals surface area contributed by atoms with Crippen LogP contribution in [-0.2, 0) is 16.1 Å². The lowest BCUT2D eigenvalue weighted by Gasteiger charge is -2.36. The smallest absolute Gasteiger partial charge is 0.223 e. The van der Waals surface area contributed by atoms with Crippen molar-refractivity contribution < 1.29 is 9.59 Å². The molecule has 0 spiro atoms. The summed E-state index contributed by atoms with van der Waals surface area (Å²) in [4.78, 5) is 24.6. The second kappa shape index (κ2) is 6.43. The molecule has 3 aliphatic rings. The van der Waals surface area contributed by atoms with E-state index in [4.69, 9.17) is 12.2 Å². The predicted molar refractivity (Wildman–Crippen MR) is 91.0 cm³/mol. The monoisotopic (exact) mass is 348 g/mol. The number of Topliss-reactive ketones (excluding diaryl/α,β-unsaturated/α-hetero) is 1. The van der Waals surface area contributed by atoms with Crippen molar-refractivity contribution in [2.45, 2.75) is 57.4 Å². The molecule has 1 aromatic heterocycles. The predicted octanol–water partition coefficient (Wildman–Crippen LogP) is 2.33. The van der Waals surface area contributed by atoms with Gasteiger partial charge in [0.2, 0.25) is 5.91 Å². The normalized spacial score (nSPS) is 29.5. The number of aromatic nitrogens is 3. The van der Waals surface area contributed by atoms with E-state index in [1.807, 2.05) is 4.57 Å². The van der Waals surface area contributed by atoms with Gasteiger partial charge in [0, 0.05) is 36.8 Å². The minimum atomic E-state index is -0.00164. The topological polar surface area (TPSA) is 79.8 Å². The van der Waals surface area contributed by atoms with E-state index in [0.29, 0.717) is 29.6 Å². The highest BCUT2D eigenvalue weighted by atomic mass is 32.1. The molecule has 6 nitrogen and oxygen atoms in total. The number of H-pyrrole nitrogens is 1. The lowest BCUT2D eigenvalue weighted by atomic mass is 9.67. The number of amides is 1. The average Bonchev–Trinajstić information content (AvgIpc) is 3.32. The van der Waals surface area contributed by atoms with Gasteiger partial charge >= 0.3 is 0 Å². The van der Waals surface area contributed by atoms with Crippen molar-refractivity contribution in [2.75, 3.05) is 6.54 Å². The summed E-state index contributed by atoms with van der Waals surface area (Å²) in [6.45, 7) is 1.22. The zero-order valence-electron chi connectivity index (χ0n) is 13.8. The maximum atomic E-state index is 12.5. The van der Waals surface area contributed by atoms with Crippen LogP contribution in [-0.4, -0.2) is 33.0 Å². The first-order valence-corrected chi connectivity index (χ1v) is 9.51. The molecular formula is C17H24N4O2S. The van der Waals surface area contributed by atoms with E-state index in [-0.39, 0.29) is 23.7 Å². The van der Waals surface area contributed by atoms with Crippen molar-refractivity contribution in [2.24, 2.45) is 17.8 Å². The Morgan fingerprint density at radius 2 is 1.92 bits per heavy atom. The third-order valence-electron chi connectivity index (χ3n) is 5.78. The van der Waals surface area contributed by atoms with Gasteiger partial charge in [0.05, 0.1) is 0 Å². The highest BCUT2D eigenvalue weighted by molar-refractivity contribution is 7.71. The van der Waals surface area contributed by atoms with Crippen LogP contribution >= 0.6 is 12.2 Å². The molecule has 3 fully saturated rings.